The summed E-state index contributed by atoms with van der Waals surface area (Å²) in [6.07, 6.45) is 24.1. The number of ether oxygens (including phenoxy) is 2. The Kier molecular flexibility index (Phi) is 7.78. The molecular formula is C26H46O2. The zero-order valence-corrected chi connectivity index (χ0v) is 18.7. The predicted molar refractivity (Wildman–Crippen MR) is 117 cm³/mol. The molecule has 0 atom stereocenters. The van der Waals surface area contributed by atoms with E-state index in [0.29, 0.717) is 24.4 Å². The summed E-state index contributed by atoms with van der Waals surface area (Å²) in [7, 11) is 0. The van der Waals surface area contributed by atoms with Crippen molar-refractivity contribution < 1.29 is 9.47 Å². The van der Waals surface area contributed by atoms with Crippen molar-refractivity contribution in [2.45, 2.75) is 141 Å². The standard InChI is InChI=1S/C26H46O2/c1-19-3-11-23(12-4-19)27-25-15-7-21(8-16-25)22-9-17-26(18-10-22)28-24-13-5-20(2)6-14-24/h19-26H,3-18H2,1-2H3. The lowest BCUT2D eigenvalue weighted by Gasteiger charge is -2.40. The quantitative estimate of drug-likeness (QED) is 0.490. The molecule has 162 valence electrons. The first-order valence-electron chi connectivity index (χ1n) is 13.0. The van der Waals surface area contributed by atoms with Gasteiger partial charge in [0.25, 0.3) is 0 Å². The van der Waals surface area contributed by atoms with Crippen LogP contribution in [0.5, 0.6) is 0 Å². The van der Waals surface area contributed by atoms with E-state index in [1.165, 1.54) is 103 Å². The molecule has 0 bridgehead atoms. The van der Waals surface area contributed by atoms with Crippen LogP contribution in [0.4, 0.5) is 0 Å². The normalized spacial score (nSPS) is 45.6. The zero-order chi connectivity index (χ0) is 19.3. The van der Waals surface area contributed by atoms with E-state index in [2.05, 4.69) is 13.8 Å². The Hall–Kier alpha value is -0.0800. The third kappa shape index (κ3) is 5.97. The van der Waals surface area contributed by atoms with E-state index >= 15 is 0 Å². The molecule has 0 N–H and O–H groups in total. The molecule has 0 aromatic rings. The first kappa shape index (κ1) is 21.2. The van der Waals surface area contributed by atoms with Crippen molar-refractivity contribution >= 4 is 0 Å². The highest BCUT2D eigenvalue weighted by Crippen LogP contribution is 2.41. The summed E-state index contributed by atoms with van der Waals surface area (Å²) in [5.74, 6) is 3.80. The lowest BCUT2D eigenvalue weighted by atomic mass is 9.72. The van der Waals surface area contributed by atoms with Crippen LogP contribution in [-0.4, -0.2) is 24.4 Å². The van der Waals surface area contributed by atoms with Gasteiger partial charge in [0.1, 0.15) is 0 Å². The fraction of sp³-hybridized carbons (Fsp3) is 1.00. The maximum atomic E-state index is 6.51. The molecular weight excluding hydrogens is 344 g/mol. The van der Waals surface area contributed by atoms with Gasteiger partial charge in [0.05, 0.1) is 24.4 Å². The SMILES string of the molecule is CC1CCC(OC2CCC(C3CCC(OC4CCC(C)CC4)CC3)CC2)CC1. The molecule has 0 aliphatic heterocycles. The van der Waals surface area contributed by atoms with Gasteiger partial charge in [-0.2, -0.15) is 0 Å². The molecule has 28 heavy (non-hydrogen) atoms. The lowest BCUT2D eigenvalue weighted by molar-refractivity contribution is -0.0713. The fourth-order valence-electron chi connectivity index (χ4n) is 6.67. The van der Waals surface area contributed by atoms with Gasteiger partial charge in [0.15, 0.2) is 0 Å². The second-order valence-corrected chi connectivity index (χ2v) is 11.1. The van der Waals surface area contributed by atoms with Crippen LogP contribution in [0.25, 0.3) is 0 Å². The van der Waals surface area contributed by atoms with E-state index in [1.54, 1.807) is 0 Å². The molecule has 0 amide bonds. The van der Waals surface area contributed by atoms with E-state index in [0.717, 1.165) is 23.7 Å². The number of hydrogen-bond acceptors (Lipinski definition) is 2. The Balaban J connectivity index is 1.11. The van der Waals surface area contributed by atoms with E-state index in [9.17, 15) is 0 Å². The molecule has 4 saturated carbocycles. The van der Waals surface area contributed by atoms with Crippen molar-refractivity contribution in [2.24, 2.45) is 23.7 Å². The molecule has 0 heterocycles. The zero-order valence-electron chi connectivity index (χ0n) is 18.7. The van der Waals surface area contributed by atoms with Crippen molar-refractivity contribution in [3.63, 3.8) is 0 Å². The highest BCUT2D eigenvalue weighted by Gasteiger charge is 2.33. The third-order valence-electron chi connectivity index (χ3n) is 8.80. The van der Waals surface area contributed by atoms with Crippen LogP contribution in [0.15, 0.2) is 0 Å². The van der Waals surface area contributed by atoms with E-state index in [1.807, 2.05) is 0 Å². The second kappa shape index (κ2) is 10.3. The van der Waals surface area contributed by atoms with Crippen LogP contribution in [0.2, 0.25) is 0 Å². The van der Waals surface area contributed by atoms with Crippen LogP contribution in [-0.2, 0) is 9.47 Å². The Bertz CT molecular complexity index is 389. The van der Waals surface area contributed by atoms with Gasteiger partial charge in [-0.3, -0.25) is 0 Å². The topological polar surface area (TPSA) is 18.5 Å². The Morgan fingerprint density at radius 3 is 0.893 bits per heavy atom. The predicted octanol–water partition coefficient (Wildman–Crippen LogP) is 7.29. The van der Waals surface area contributed by atoms with Gasteiger partial charge in [-0.05, 0) is 126 Å². The molecule has 0 aromatic carbocycles. The van der Waals surface area contributed by atoms with Crippen LogP contribution in [0, 0.1) is 23.7 Å². The Morgan fingerprint density at radius 2 is 0.607 bits per heavy atom. The monoisotopic (exact) mass is 390 g/mol. The fourth-order valence-corrected chi connectivity index (χ4v) is 6.67. The summed E-state index contributed by atoms with van der Waals surface area (Å²) in [4.78, 5) is 0. The summed E-state index contributed by atoms with van der Waals surface area (Å²) in [6, 6.07) is 0. The minimum absolute atomic E-state index is 0.572. The van der Waals surface area contributed by atoms with Gasteiger partial charge in [-0.15, -0.1) is 0 Å². The van der Waals surface area contributed by atoms with Crippen molar-refractivity contribution in [3.05, 3.63) is 0 Å². The van der Waals surface area contributed by atoms with Crippen molar-refractivity contribution in [1.29, 1.82) is 0 Å². The minimum Gasteiger partial charge on any atom is -0.375 e. The molecule has 2 nitrogen and oxygen atoms in total. The van der Waals surface area contributed by atoms with Crippen LogP contribution >= 0.6 is 0 Å². The molecule has 0 aromatic heterocycles. The molecule has 2 heteroatoms. The largest absolute Gasteiger partial charge is 0.375 e. The number of rotatable bonds is 5. The van der Waals surface area contributed by atoms with Crippen molar-refractivity contribution in [1.82, 2.24) is 0 Å². The average molecular weight is 391 g/mol. The van der Waals surface area contributed by atoms with Gasteiger partial charge < -0.3 is 9.47 Å². The molecule has 0 radical (unpaired) electrons. The second-order valence-electron chi connectivity index (χ2n) is 11.1. The molecule has 4 aliphatic carbocycles. The van der Waals surface area contributed by atoms with E-state index in [-0.39, 0.29) is 0 Å². The summed E-state index contributed by atoms with van der Waals surface area (Å²) in [5, 5.41) is 0. The highest BCUT2D eigenvalue weighted by molar-refractivity contribution is 4.84. The summed E-state index contributed by atoms with van der Waals surface area (Å²) >= 11 is 0. The molecule has 4 fully saturated rings. The van der Waals surface area contributed by atoms with Gasteiger partial charge in [0.2, 0.25) is 0 Å². The van der Waals surface area contributed by atoms with Crippen molar-refractivity contribution in [2.75, 3.05) is 0 Å². The lowest BCUT2D eigenvalue weighted by Crippen LogP contribution is -2.34. The first-order valence-corrected chi connectivity index (χ1v) is 13.0. The van der Waals surface area contributed by atoms with E-state index < -0.39 is 0 Å². The average Bonchev–Trinajstić information content (AvgIpc) is 2.73. The highest BCUT2D eigenvalue weighted by atomic mass is 16.5. The first-order chi connectivity index (χ1) is 13.7. The smallest absolute Gasteiger partial charge is 0.0579 e. The Labute approximate surface area is 174 Å². The summed E-state index contributed by atoms with van der Waals surface area (Å²) in [6.45, 7) is 4.80. The maximum Gasteiger partial charge on any atom is 0.0579 e. The summed E-state index contributed by atoms with van der Waals surface area (Å²) < 4.78 is 13.0. The van der Waals surface area contributed by atoms with Gasteiger partial charge in [0, 0.05) is 0 Å². The molecule has 0 unspecified atom stereocenters. The van der Waals surface area contributed by atoms with Crippen LogP contribution < -0.4 is 0 Å². The summed E-state index contributed by atoms with van der Waals surface area (Å²) in [5.41, 5.74) is 0. The third-order valence-corrected chi connectivity index (χ3v) is 8.80. The Morgan fingerprint density at radius 1 is 0.357 bits per heavy atom. The van der Waals surface area contributed by atoms with Gasteiger partial charge in [-0.25, -0.2) is 0 Å². The van der Waals surface area contributed by atoms with Crippen LogP contribution in [0.1, 0.15) is 117 Å². The molecule has 0 saturated heterocycles. The van der Waals surface area contributed by atoms with Crippen molar-refractivity contribution in [3.8, 4) is 0 Å². The maximum absolute atomic E-state index is 6.51. The minimum atomic E-state index is 0.572. The van der Waals surface area contributed by atoms with Gasteiger partial charge >= 0.3 is 0 Å². The molecule has 0 spiro atoms. The number of hydrogen-bond donors (Lipinski definition) is 0. The molecule has 4 rings (SSSR count). The molecule has 4 aliphatic rings. The van der Waals surface area contributed by atoms with E-state index in [4.69, 9.17) is 9.47 Å². The van der Waals surface area contributed by atoms with Crippen LogP contribution in [0.3, 0.4) is 0 Å². The van der Waals surface area contributed by atoms with Gasteiger partial charge in [-0.1, -0.05) is 13.8 Å².